The third kappa shape index (κ3) is 4.46. The Bertz CT molecular complexity index is 792. The maximum atomic E-state index is 5.82. The summed E-state index contributed by atoms with van der Waals surface area (Å²) in [4.78, 5) is 4.15. The number of nitrogens with one attached hydrogen (secondary N) is 1. The molecule has 0 spiro atoms. The number of ether oxygens (including phenoxy) is 1. The van der Waals surface area contributed by atoms with Crippen LogP contribution in [0.2, 0.25) is 0 Å². The Labute approximate surface area is 174 Å². The van der Waals surface area contributed by atoms with Crippen LogP contribution in [0, 0.1) is 13.8 Å². The number of rotatable bonds is 7. The van der Waals surface area contributed by atoms with Gasteiger partial charge in [0.2, 0.25) is 5.82 Å². The first-order valence-corrected chi connectivity index (χ1v) is 11.2. The lowest BCUT2D eigenvalue weighted by Gasteiger charge is -2.37. The number of hydrogen-bond donors (Lipinski definition) is 1. The van der Waals surface area contributed by atoms with Crippen LogP contribution in [0.1, 0.15) is 55.6 Å². The second-order valence-corrected chi connectivity index (χ2v) is 8.56. The average Bonchev–Trinajstić information content (AvgIpc) is 3.41. The van der Waals surface area contributed by atoms with Crippen molar-refractivity contribution in [3.05, 3.63) is 35.2 Å². The van der Waals surface area contributed by atoms with E-state index in [9.17, 15) is 0 Å². The molecule has 2 atom stereocenters. The summed E-state index contributed by atoms with van der Waals surface area (Å²) < 4.78 is 7.83. The standard InChI is InChI=1S/C22H34N6O/c1-4-7-21(22-23-24-25-28(22)16-19-9-6-15-29-19)27-13-11-26(12-14-27)20-10-5-8-17(2)18(20)3/h5,8,10,19,21H,4,6-7,9,11-16H2,1-3H3/p+1/t19-,21+/m0/s1. The van der Waals surface area contributed by atoms with Crippen molar-refractivity contribution in [2.24, 2.45) is 0 Å². The SMILES string of the molecule is CCC[C@H](c1nnnn1C[C@@H]1CCCO1)[NH+]1CCN(c2cccc(C)c2C)CC1. The van der Waals surface area contributed by atoms with Crippen molar-refractivity contribution in [1.82, 2.24) is 20.2 Å². The van der Waals surface area contributed by atoms with Gasteiger partial charge in [-0.2, -0.15) is 0 Å². The van der Waals surface area contributed by atoms with Gasteiger partial charge in [-0.3, -0.25) is 0 Å². The van der Waals surface area contributed by atoms with Gasteiger partial charge in [0.05, 0.1) is 38.8 Å². The van der Waals surface area contributed by atoms with Crippen molar-refractivity contribution < 1.29 is 9.64 Å². The van der Waals surface area contributed by atoms with E-state index in [2.05, 4.69) is 59.4 Å². The van der Waals surface area contributed by atoms with Crippen molar-refractivity contribution in [3.63, 3.8) is 0 Å². The molecule has 1 aromatic heterocycles. The van der Waals surface area contributed by atoms with E-state index >= 15 is 0 Å². The first-order chi connectivity index (χ1) is 14.2. The summed E-state index contributed by atoms with van der Waals surface area (Å²) in [5.41, 5.74) is 4.16. The number of benzene rings is 1. The number of tetrazole rings is 1. The number of quaternary nitrogens is 1. The van der Waals surface area contributed by atoms with Crippen LogP contribution in [0.3, 0.4) is 0 Å². The number of aromatic nitrogens is 4. The zero-order valence-electron chi connectivity index (χ0n) is 18.1. The quantitative estimate of drug-likeness (QED) is 0.768. The normalized spacial score (nSPS) is 21.6. The molecule has 7 heteroatoms. The second kappa shape index (κ2) is 9.22. The van der Waals surface area contributed by atoms with E-state index in [1.54, 1.807) is 4.90 Å². The molecule has 3 heterocycles. The van der Waals surface area contributed by atoms with E-state index in [1.807, 2.05) is 4.68 Å². The van der Waals surface area contributed by atoms with Gasteiger partial charge in [0.1, 0.15) is 6.04 Å². The van der Waals surface area contributed by atoms with E-state index in [0.717, 1.165) is 70.8 Å². The lowest BCUT2D eigenvalue weighted by molar-refractivity contribution is -0.933. The zero-order chi connectivity index (χ0) is 20.2. The fourth-order valence-electron chi connectivity index (χ4n) is 4.84. The van der Waals surface area contributed by atoms with Gasteiger partial charge in [-0.05, 0) is 54.3 Å². The largest absolute Gasteiger partial charge is 0.376 e. The Kier molecular flexibility index (Phi) is 6.45. The molecule has 7 nitrogen and oxygen atoms in total. The van der Waals surface area contributed by atoms with Crippen LogP contribution >= 0.6 is 0 Å². The molecule has 2 fully saturated rings. The lowest BCUT2D eigenvalue weighted by atomic mass is 10.1. The van der Waals surface area contributed by atoms with Gasteiger partial charge in [0.15, 0.2) is 0 Å². The van der Waals surface area contributed by atoms with Crippen LogP contribution in [0.4, 0.5) is 5.69 Å². The molecular formula is C22H35N6O+. The molecule has 0 bridgehead atoms. The fourth-order valence-corrected chi connectivity index (χ4v) is 4.84. The minimum atomic E-state index is 0.260. The van der Waals surface area contributed by atoms with Crippen molar-refractivity contribution in [1.29, 1.82) is 0 Å². The molecule has 1 aromatic carbocycles. The Morgan fingerprint density at radius 1 is 1.24 bits per heavy atom. The topological polar surface area (TPSA) is 60.5 Å². The van der Waals surface area contributed by atoms with Crippen LogP contribution < -0.4 is 9.80 Å². The first-order valence-electron chi connectivity index (χ1n) is 11.2. The van der Waals surface area contributed by atoms with Gasteiger partial charge in [-0.25, -0.2) is 4.68 Å². The van der Waals surface area contributed by atoms with E-state index < -0.39 is 0 Å². The smallest absolute Gasteiger partial charge is 0.209 e. The third-order valence-corrected chi connectivity index (χ3v) is 6.66. The summed E-state index contributed by atoms with van der Waals surface area (Å²) in [6.45, 7) is 12.7. The molecule has 0 amide bonds. The maximum absolute atomic E-state index is 5.82. The zero-order valence-corrected chi connectivity index (χ0v) is 18.1. The van der Waals surface area contributed by atoms with Crippen LogP contribution in [0.25, 0.3) is 0 Å². The minimum absolute atomic E-state index is 0.260. The molecule has 0 saturated carbocycles. The van der Waals surface area contributed by atoms with E-state index in [1.165, 1.54) is 16.8 Å². The Hall–Kier alpha value is -1.99. The summed E-state index contributed by atoms with van der Waals surface area (Å²) in [5, 5.41) is 12.8. The van der Waals surface area contributed by atoms with Gasteiger partial charge in [-0.1, -0.05) is 25.5 Å². The molecule has 0 aliphatic carbocycles. The highest BCUT2D eigenvalue weighted by Gasteiger charge is 2.33. The van der Waals surface area contributed by atoms with Crippen LogP contribution in [0.15, 0.2) is 18.2 Å². The predicted molar refractivity (Wildman–Crippen MR) is 113 cm³/mol. The Morgan fingerprint density at radius 3 is 2.79 bits per heavy atom. The summed E-state index contributed by atoms with van der Waals surface area (Å²) in [7, 11) is 0. The van der Waals surface area contributed by atoms with Crippen molar-refractivity contribution in [3.8, 4) is 0 Å². The number of piperazine rings is 1. The van der Waals surface area contributed by atoms with Gasteiger partial charge < -0.3 is 14.5 Å². The molecule has 0 radical (unpaired) electrons. The maximum Gasteiger partial charge on any atom is 0.209 e. The number of nitrogens with zero attached hydrogens (tertiary/aromatic N) is 5. The first kappa shape index (κ1) is 20.3. The predicted octanol–water partition coefficient (Wildman–Crippen LogP) is 1.72. The third-order valence-electron chi connectivity index (χ3n) is 6.66. The van der Waals surface area contributed by atoms with Crippen LogP contribution in [-0.2, 0) is 11.3 Å². The van der Waals surface area contributed by atoms with Crippen molar-refractivity contribution >= 4 is 5.69 Å². The Morgan fingerprint density at radius 2 is 2.07 bits per heavy atom. The summed E-state index contributed by atoms with van der Waals surface area (Å²) in [6.07, 6.45) is 4.77. The fraction of sp³-hybridized carbons (Fsp3) is 0.682. The number of aryl methyl sites for hydroxylation is 1. The van der Waals surface area contributed by atoms with E-state index in [-0.39, 0.29) is 6.10 Å². The monoisotopic (exact) mass is 399 g/mol. The lowest BCUT2D eigenvalue weighted by Crippen LogP contribution is -3.15. The van der Waals surface area contributed by atoms with Crippen LogP contribution in [0.5, 0.6) is 0 Å². The van der Waals surface area contributed by atoms with Crippen LogP contribution in [-0.4, -0.2) is 59.1 Å². The molecular weight excluding hydrogens is 364 g/mol. The molecule has 158 valence electrons. The molecule has 4 rings (SSSR count). The molecule has 1 N–H and O–H groups in total. The summed E-state index contributed by atoms with van der Waals surface area (Å²) in [5.74, 6) is 1.04. The highest BCUT2D eigenvalue weighted by Crippen LogP contribution is 2.23. The average molecular weight is 400 g/mol. The summed E-state index contributed by atoms with van der Waals surface area (Å²) >= 11 is 0. The molecule has 2 aromatic rings. The minimum Gasteiger partial charge on any atom is -0.376 e. The van der Waals surface area contributed by atoms with Gasteiger partial charge >= 0.3 is 0 Å². The van der Waals surface area contributed by atoms with E-state index in [4.69, 9.17) is 4.74 Å². The number of hydrogen-bond acceptors (Lipinski definition) is 5. The molecule has 2 aliphatic heterocycles. The summed E-state index contributed by atoms with van der Waals surface area (Å²) in [6, 6.07) is 7.00. The highest BCUT2D eigenvalue weighted by molar-refractivity contribution is 5.56. The van der Waals surface area contributed by atoms with Gasteiger partial charge in [0, 0.05) is 18.7 Å². The number of anilines is 1. The molecule has 0 unspecified atom stereocenters. The van der Waals surface area contributed by atoms with Gasteiger partial charge in [0.25, 0.3) is 0 Å². The molecule has 2 saturated heterocycles. The van der Waals surface area contributed by atoms with Crippen molar-refractivity contribution in [2.75, 3.05) is 37.7 Å². The second-order valence-electron chi connectivity index (χ2n) is 8.56. The Balaban J connectivity index is 1.45. The van der Waals surface area contributed by atoms with E-state index in [0.29, 0.717) is 6.04 Å². The highest BCUT2D eigenvalue weighted by atomic mass is 16.5. The van der Waals surface area contributed by atoms with Gasteiger partial charge in [-0.15, -0.1) is 5.10 Å². The molecule has 29 heavy (non-hydrogen) atoms. The van der Waals surface area contributed by atoms with Crippen molar-refractivity contribution in [2.45, 2.75) is 65.1 Å². The molecule has 2 aliphatic rings.